The largest absolute Gasteiger partial charge is 0.456 e. The Hall–Kier alpha value is -8.67. The zero-order valence-corrected chi connectivity index (χ0v) is 36.8. The van der Waals surface area contributed by atoms with Crippen LogP contribution in [-0.2, 0) is 5.41 Å². The number of benzene rings is 10. The summed E-state index contributed by atoms with van der Waals surface area (Å²) in [5.74, 6) is 1.69. The van der Waals surface area contributed by atoms with E-state index in [0.717, 1.165) is 76.9 Å². The molecule has 5 nitrogen and oxygen atoms in total. The van der Waals surface area contributed by atoms with Crippen LogP contribution in [0.3, 0.4) is 0 Å². The van der Waals surface area contributed by atoms with E-state index in [1.165, 1.54) is 44.0 Å². The normalized spacial score (nSPS) is 13.0. The molecule has 0 amide bonds. The Morgan fingerprint density at radius 3 is 1.79 bits per heavy atom. The quantitative estimate of drug-likeness (QED) is 0.162. The van der Waals surface area contributed by atoms with Crippen LogP contribution in [-0.4, -0.2) is 19.5 Å². The van der Waals surface area contributed by atoms with Crippen LogP contribution in [0.1, 0.15) is 25.0 Å². The first-order valence-corrected chi connectivity index (χ1v) is 22.9. The summed E-state index contributed by atoms with van der Waals surface area (Å²) in [5.41, 5.74) is 15.3. The molecule has 0 spiro atoms. The molecule has 0 radical (unpaired) electrons. The zero-order chi connectivity index (χ0) is 44.4. The maximum Gasteiger partial charge on any atom is 0.238 e. The summed E-state index contributed by atoms with van der Waals surface area (Å²) in [6.07, 6.45) is 0. The van der Waals surface area contributed by atoms with E-state index in [4.69, 9.17) is 19.4 Å². The lowest BCUT2D eigenvalue weighted by atomic mass is 9.82. The van der Waals surface area contributed by atoms with E-state index in [0.29, 0.717) is 17.6 Å². The predicted molar refractivity (Wildman–Crippen MR) is 276 cm³/mol. The number of hydrogen-bond donors (Lipinski definition) is 0. The van der Waals surface area contributed by atoms with Gasteiger partial charge in [-0.2, -0.15) is 9.97 Å². The van der Waals surface area contributed by atoms with Gasteiger partial charge < -0.3 is 4.42 Å². The van der Waals surface area contributed by atoms with E-state index in [9.17, 15) is 0 Å². The first-order chi connectivity index (χ1) is 33.0. The molecule has 0 unspecified atom stereocenters. The molecule has 1 aliphatic rings. The third-order valence-corrected chi connectivity index (χ3v) is 14.2. The van der Waals surface area contributed by atoms with Crippen LogP contribution in [0.5, 0.6) is 0 Å². The van der Waals surface area contributed by atoms with Gasteiger partial charge in [-0.1, -0.05) is 190 Å². The van der Waals surface area contributed by atoms with Crippen LogP contribution >= 0.6 is 0 Å². The fourth-order valence-corrected chi connectivity index (χ4v) is 11.1. The lowest BCUT2D eigenvalue weighted by Crippen LogP contribution is -2.14. The van der Waals surface area contributed by atoms with Crippen molar-refractivity contribution in [2.75, 3.05) is 0 Å². The molecule has 5 heteroatoms. The molecule has 0 N–H and O–H groups in total. The molecule has 13 aromatic rings. The zero-order valence-electron chi connectivity index (χ0n) is 36.8. The van der Waals surface area contributed by atoms with Gasteiger partial charge >= 0.3 is 0 Å². The van der Waals surface area contributed by atoms with E-state index in [1.54, 1.807) is 0 Å². The van der Waals surface area contributed by atoms with Crippen molar-refractivity contribution < 1.29 is 4.42 Å². The first-order valence-electron chi connectivity index (χ1n) is 22.9. The number of furan rings is 1. The average Bonchev–Trinajstić information content (AvgIpc) is 4.02. The van der Waals surface area contributed by atoms with Gasteiger partial charge in [-0.25, -0.2) is 4.98 Å². The summed E-state index contributed by atoms with van der Waals surface area (Å²) in [7, 11) is 0. The molecule has 314 valence electrons. The second-order valence-corrected chi connectivity index (χ2v) is 18.3. The second-order valence-electron chi connectivity index (χ2n) is 18.3. The summed E-state index contributed by atoms with van der Waals surface area (Å²) < 4.78 is 8.73. The summed E-state index contributed by atoms with van der Waals surface area (Å²) >= 11 is 0. The summed E-state index contributed by atoms with van der Waals surface area (Å²) in [6.45, 7) is 4.67. The first kappa shape index (κ1) is 37.7. The van der Waals surface area contributed by atoms with Crippen molar-refractivity contribution >= 4 is 65.3 Å². The van der Waals surface area contributed by atoms with Gasteiger partial charge in [0.25, 0.3) is 0 Å². The lowest BCUT2D eigenvalue weighted by Gasteiger charge is -2.21. The van der Waals surface area contributed by atoms with Crippen molar-refractivity contribution in [3.05, 3.63) is 217 Å². The van der Waals surface area contributed by atoms with Gasteiger partial charge in [0.2, 0.25) is 5.95 Å². The minimum Gasteiger partial charge on any atom is -0.456 e. The molecule has 14 rings (SSSR count). The predicted octanol–water partition coefficient (Wildman–Crippen LogP) is 16.1. The molecule has 1 aliphatic carbocycles. The van der Waals surface area contributed by atoms with Gasteiger partial charge in [-0.15, -0.1) is 0 Å². The molecule has 0 fully saturated rings. The highest BCUT2D eigenvalue weighted by Crippen LogP contribution is 2.50. The molecule has 0 atom stereocenters. The summed E-state index contributed by atoms with van der Waals surface area (Å²) in [4.78, 5) is 16.1. The minimum atomic E-state index is -0.0564. The van der Waals surface area contributed by atoms with Crippen molar-refractivity contribution in [2.24, 2.45) is 0 Å². The molecule has 0 bridgehead atoms. The minimum absolute atomic E-state index is 0.0564. The maximum absolute atomic E-state index is 6.41. The number of hydrogen-bond acceptors (Lipinski definition) is 4. The van der Waals surface area contributed by atoms with Gasteiger partial charge in [0.1, 0.15) is 11.2 Å². The van der Waals surface area contributed by atoms with Crippen LogP contribution in [0.4, 0.5) is 0 Å². The standard InChI is InChI=1S/C62H40N4O/c1-62(2)52-28-12-10-22-45(52)51-35-39(31-33-53(51)62)38-18-14-19-40(34-38)42-26-15-27-50-56-48-24-8-6-20-43(48)44-21-7-9-25-49(44)58(56)66(57(42)50)61-64-59(37-16-4-3-5-17-37)63-60(65-61)41-30-32-47-46-23-11-13-29-54(46)67-55(47)36-41/h3-36H,1-2H3. The highest BCUT2D eigenvalue weighted by Gasteiger charge is 2.35. The Morgan fingerprint density at radius 2 is 0.940 bits per heavy atom. The molecule has 3 aromatic heterocycles. The third-order valence-electron chi connectivity index (χ3n) is 14.2. The van der Waals surface area contributed by atoms with Crippen molar-refractivity contribution in [3.8, 4) is 62.1 Å². The van der Waals surface area contributed by atoms with Crippen LogP contribution in [0.25, 0.3) is 127 Å². The van der Waals surface area contributed by atoms with E-state index >= 15 is 0 Å². The second kappa shape index (κ2) is 14.2. The smallest absolute Gasteiger partial charge is 0.238 e. The third kappa shape index (κ3) is 5.58. The SMILES string of the molecule is CC1(C)c2ccccc2-c2cc(-c3cccc(-c4cccc5c6c7ccccc7c7ccccc7c6n(-c6nc(-c7ccccc7)nc(-c7ccc8c(c7)oc7ccccc78)n6)c45)c3)ccc21. The van der Waals surface area contributed by atoms with Crippen LogP contribution in [0, 0.1) is 0 Å². The number of fused-ring (bicyclic) bond motifs is 14. The van der Waals surface area contributed by atoms with Crippen LogP contribution in [0.2, 0.25) is 0 Å². The van der Waals surface area contributed by atoms with Gasteiger partial charge in [0.05, 0.1) is 11.0 Å². The number of aromatic nitrogens is 4. The molecular weight excluding hydrogens is 817 g/mol. The number of rotatable bonds is 5. The Labute approximate surface area is 386 Å². The Kier molecular flexibility index (Phi) is 7.97. The van der Waals surface area contributed by atoms with E-state index in [1.807, 2.05) is 36.4 Å². The van der Waals surface area contributed by atoms with E-state index < -0.39 is 0 Å². The van der Waals surface area contributed by atoms with E-state index in [-0.39, 0.29) is 5.41 Å². The van der Waals surface area contributed by atoms with Crippen LogP contribution in [0.15, 0.2) is 211 Å². The highest BCUT2D eigenvalue weighted by molar-refractivity contribution is 6.33. The molecule has 0 saturated heterocycles. The van der Waals surface area contributed by atoms with Gasteiger partial charge in [-0.05, 0) is 85.4 Å². The van der Waals surface area contributed by atoms with Crippen molar-refractivity contribution in [2.45, 2.75) is 19.3 Å². The fraction of sp³-hybridized carbons (Fsp3) is 0.0484. The number of nitrogens with zero attached hydrogens (tertiary/aromatic N) is 4. The molecule has 0 aliphatic heterocycles. The monoisotopic (exact) mass is 856 g/mol. The molecule has 3 heterocycles. The topological polar surface area (TPSA) is 56.7 Å². The molecular formula is C62H40N4O. The fourth-order valence-electron chi connectivity index (χ4n) is 11.1. The van der Waals surface area contributed by atoms with Gasteiger partial charge in [0, 0.05) is 49.0 Å². The Bertz CT molecular complexity index is 4200. The summed E-state index contributed by atoms with van der Waals surface area (Å²) in [6, 6.07) is 73.8. The van der Waals surface area contributed by atoms with Gasteiger partial charge in [-0.3, -0.25) is 4.57 Å². The Morgan fingerprint density at radius 1 is 0.358 bits per heavy atom. The lowest BCUT2D eigenvalue weighted by molar-refractivity contribution is 0.660. The highest BCUT2D eigenvalue weighted by atomic mass is 16.3. The number of para-hydroxylation sites is 2. The molecule has 67 heavy (non-hydrogen) atoms. The summed E-state index contributed by atoms with van der Waals surface area (Å²) in [5, 5.41) is 9.11. The maximum atomic E-state index is 6.41. The van der Waals surface area contributed by atoms with Crippen LogP contribution < -0.4 is 0 Å². The Balaban J connectivity index is 1.06. The van der Waals surface area contributed by atoms with Gasteiger partial charge in [0.15, 0.2) is 11.6 Å². The average molecular weight is 857 g/mol. The molecule has 0 saturated carbocycles. The van der Waals surface area contributed by atoms with E-state index in [2.05, 4.69) is 188 Å². The van der Waals surface area contributed by atoms with Crippen molar-refractivity contribution in [1.29, 1.82) is 0 Å². The van der Waals surface area contributed by atoms with Crippen molar-refractivity contribution in [1.82, 2.24) is 19.5 Å². The van der Waals surface area contributed by atoms with Crippen molar-refractivity contribution in [3.63, 3.8) is 0 Å². The molecule has 10 aromatic carbocycles.